The van der Waals surface area contributed by atoms with Gasteiger partial charge in [-0.05, 0) is 0 Å². The molecule has 6 rings (SSSR count). The zero-order chi connectivity index (χ0) is 34.3. The molecular formula is C43H51Cl2SiZr. The van der Waals surface area contributed by atoms with Crippen LogP contribution in [0.15, 0.2) is 65.7 Å². The standard InChI is InChI=1S/C21H23.C20H21.C2H7Si.2ClH.Zr/c1-13(2)18-11-17-7-6-8-20(21(17)12-18)19-10-9-14(3)15(4)16(19)5;1-12-10-19-14(3)7-9-18(20(19)11-12)17-8-6-13(2)15(4)16(17)5;1-3-2;;;/h6-13H,1-5H3;6-11H,1-5H3;3H,1-2H3;2*1H;/q;;;;;+2/p-2. The van der Waals surface area contributed by atoms with Crippen LogP contribution in [0.1, 0.15) is 89.2 Å². The van der Waals surface area contributed by atoms with Gasteiger partial charge in [0.25, 0.3) is 0 Å². The molecule has 0 aromatic heterocycles. The molecule has 0 spiro atoms. The predicted octanol–water partition coefficient (Wildman–Crippen LogP) is 13.4. The van der Waals surface area contributed by atoms with Crippen molar-refractivity contribution in [1.82, 2.24) is 0 Å². The Bertz CT molecular complexity index is 2030. The van der Waals surface area contributed by atoms with Crippen LogP contribution in [0.5, 0.6) is 0 Å². The summed E-state index contributed by atoms with van der Waals surface area (Å²) in [6.45, 7) is 27.6. The van der Waals surface area contributed by atoms with Crippen molar-refractivity contribution >= 4 is 35.1 Å². The van der Waals surface area contributed by atoms with Gasteiger partial charge in [-0.25, -0.2) is 0 Å². The minimum absolute atomic E-state index is 0.0818. The van der Waals surface area contributed by atoms with E-state index >= 15 is 0 Å². The Kier molecular flexibility index (Phi) is 9.00. The third kappa shape index (κ3) is 5.14. The maximum atomic E-state index is 8.71. The molecule has 4 heteroatoms. The van der Waals surface area contributed by atoms with E-state index in [1.54, 1.807) is 0 Å². The topological polar surface area (TPSA) is 0 Å². The Labute approximate surface area is 293 Å². The molecule has 0 radical (unpaired) electrons. The molecule has 0 fully saturated rings. The van der Waals surface area contributed by atoms with E-state index in [2.05, 4.69) is 149 Å². The molecule has 47 heavy (non-hydrogen) atoms. The summed E-state index contributed by atoms with van der Waals surface area (Å²) in [7, 11) is 17.4. The van der Waals surface area contributed by atoms with Crippen LogP contribution in [0.25, 0.3) is 34.4 Å². The van der Waals surface area contributed by atoms with Gasteiger partial charge in [-0.3, -0.25) is 0 Å². The number of fused-ring (bicyclic) bond motifs is 2. The normalized spacial score (nSPS) is 18.3. The van der Waals surface area contributed by atoms with Crippen molar-refractivity contribution in [2.24, 2.45) is 5.92 Å². The fourth-order valence-electron chi connectivity index (χ4n) is 8.87. The first-order valence-electron chi connectivity index (χ1n) is 17.4. The summed E-state index contributed by atoms with van der Waals surface area (Å²) in [6.07, 6.45) is 4.95. The molecule has 0 N–H and O–H groups in total. The van der Waals surface area contributed by atoms with Crippen molar-refractivity contribution in [3.63, 3.8) is 0 Å². The fourth-order valence-corrected chi connectivity index (χ4v) is 41.1. The second-order valence-electron chi connectivity index (χ2n) is 15.4. The van der Waals surface area contributed by atoms with Crippen LogP contribution in [-0.4, -0.2) is 5.92 Å². The zero-order valence-corrected chi connectivity index (χ0v) is 35.5. The average Bonchev–Trinajstić information content (AvgIpc) is 3.60. The summed E-state index contributed by atoms with van der Waals surface area (Å²) in [6, 6.07) is 20.8. The average molecular weight is 758 g/mol. The third-order valence-corrected chi connectivity index (χ3v) is 64.2. The molecule has 0 nitrogen and oxygen atoms in total. The monoisotopic (exact) mass is 755 g/mol. The van der Waals surface area contributed by atoms with Gasteiger partial charge < -0.3 is 0 Å². The van der Waals surface area contributed by atoms with Gasteiger partial charge in [-0.1, -0.05) is 0 Å². The Morgan fingerprint density at radius 3 is 1.62 bits per heavy atom. The number of aryl methyl sites for hydroxylation is 3. The van der Waals surface area contributed by atoms with Crippen LogP contribution in [0, 0.1) is 54.4 Å². The Morgan fingerprint density at radius 1 is 0.574 bits per heavy atom. The molecule has 2 aliphatic carbocycles. The van der Waals surface area contributed by atoms with Crippen molar-refractivity contribution in [2.45, 2.75) is 89.6 Å². The molecule has 0 amide bonds. The van der Waals surface area contributed by atoms with Gasteiger partial charge in [0.15, 0.2) is 0 Å². The zero-order valence-electron chi connectivity index (χ0n) is 30.4. The Balaban J connectivity index is 1.62. The van der Waals surface area contributed by atoms with Gasteiger partial charge in [0, 0.05) is 0 Å². The maximum absolute atomic E-state index is 8.71. The van der Waals surface area contributed by atoms with Gasteiger partial charge in [-0.2, -0.15) is 0 Å². The molecular weight excluding hydrogens is 707 g/mol. The van der Waals surface area contributed by atoms with Crippen LogP contribution in [-0.2, 0) is 15.6 Å². The fraction of sp³-hybridized carbons (Fsp3) is 0.349. The van der Waals surface area contributed by atoms with Crippen LogP contribution in [0.4, 0.5) is 0 Å². The summed E-state index contributed by atoms with van der Waals surface area (Å²) in [5.74, 6) is -1.31. The van der Waals surface area contributed by atoms with Crippen molar-refractivity contribution in [2.75, 3.05) is 0 Å². The van der Waals surface area contributed by atoms with E-state index in [-0.39, 0.29) is 7.25 Å². The van der Waals surface area contributed by atoms with Crippen LogP contribution in [0.2, 0.25) is 13.1 Å². The molecule has 0 saturated carbocycles. The Morgan fingerprint density at radius 2 is 1.09 bits per heavy atom. The summed E-state index contributed by atoms with van der Waals surface area (Å²) >= 11 is -4.86. The SMILES string of the molecule is CC1=Cc2c(-c3ccc(C)c(C)c3C)ccc(C)c2[CH]1[Zr]([Cl])([Cl])([CH]1C(C(C)C)=Cc2c(-c3ccc(C)c(C)c3C)cccc21)[SiH](C)C. The number of hydrogen-bond donors (Lipinski definition) is 0. The summed E-state index contributed by atoms with van der Waals surface area (Å²) in [5, 5.41) is 0. The van der Waals surface area contributed by atoms with E-state index in [4.69, 9.17) is 17.0 Å². The molecule has 0 heterocycles. The first-order valence-corrected chi connectivity index (χ1v) is 33.7. The van der Waals surface area contributed by atoms with Crippen LogP contribution in [0.3, 0.4) is 0 Å². The quantitative estimate of drug-likeness (QED) is 0.172. The van der Waals surface area contributed by atoms with Gasteiger partial charge in [-0.15, -0.1) is 0 Å². The number of benzene rings is 4. The Hall–Kier alpha value is -1.96. The summed E-state index contributed by atoms with van der Waals surface area (Å²) in [4.78, 5) is 0. The number of allylic oxidation sites excluding steroid dienone is 2. The first kappa shape index (κ1) is 34.9. The van der Waals surface area contributed by atoms with Gasteiger partial charge >= 0.3 is 295 Å². The van der Waals surface area contributed by atoms with Gasteiger partial charge in [0.1, 0.15) is 0 Å². The predicted molar refractivity (Wildman–Crippen MR) is 209 cm³/mol. The van der Waals surface area contributed by atoms with Crippen molar-refractivity contribution in [3.05, 3.63) is 127 Å². The molecule has 2 unspecified atom stereocenters. The van der Waals surface area contributed by atoms with E-state index < -0.39 is 21.5 Å². The molecule has 0 bridgehead atoms. The van der Waals surface area contributed by atoms with E-state index in [0.717, 1.165) is 0 Å². The minimum atomic E-state index is -4.86. The molecule has 4 aromatic carbocycles. The van der Waals surface area contributed by atoms with E-state index in [9.17, 15) is 0 Å². The molecule has 4 aromatic rings. The third-order valence-electron chi connectivity index (χ3n) is 12.3. The summed E-state index contributed by atoms with van der Waals surface area (Å²) in [5.41, 5.74) is 22.9. The second-order valence-corrected chi connectivity index (χ2v) is 57.9. The van der Waals surface area contributed by atoms with Gasteiger partial charge in [0.05, 0.1) is 0 Å². The van der Waals surface area contributed by atoms with Crippen molar-refractivity contribution < 1.29 is 15.6 Å². The van der Waals surface area contributed by atoms with Crippen LogP contribution < -0.4 is 0 Å². The molecule has 0 saturated heterocycles. The van der Waals surface area contributed by atoms with E-state index in [1.807, 2.05) is 0 Å². The number of rotatable bonds is 6. The molecule has 2 aliphatic rings. The van der Waals surface area contributed by atoms with E-state index in [0.29, 0.717) is 5.92 Å². The second kappa shape index (κ2) is 12.1. The molecule has 245 valence electrons. The molecule has 2 atom stereocenters. The van der Waals surface area contributed by atoms with Crippen molar-refractivity contribution in [1.29, 1.82) is 0 Å². The first-order chi connectivity index (χ1) is 22.0. The number of hydrogen-bond acceptors (Lipinski definition) is 0. The number of halogens is 2. The summed E-state index contributed by atoms with van der Waals surface area (Å²) < 4.78 is 0.164. The molecule has 0 aliphatic heterocycles. The van der Waals surface area contributed by atoms with Gasteiger partial charge in [0.2, 0.25) is 0 Å². The van der Waals surface area contributed by atoms with Crippen molar-refractivity contribution in [3.8, 4) is 22.3 Å². The van der Waals surface area contributed by atoms with Crippen LogP contribution >= 0.6 is 17.0 Å². The van der Waals surface area contributed by atoms with E-state index in [1.165, 1.54) is 94.6 Å².